The van der Waals surface area contributed by atoms with Crippen LogP contribution in [0.25, 0.3) is 0 Å². The Balaban J connectivity index is 2.46. The lowest BCUT2D eigenvalue weighted by Gasteiger charge is -2.41. The molecule has 0 bridgehead atoms. The van der Waals surface area contributed by atoms with E-state index in [0.717, 1.165) is 44.9 Å². The largest absolute Gasteiger partial charge is 0.397 e. The Kier molecular flexibility index (Phi) is 38.6. The Morgan fingerprint density at radius 3 is 1.43 bits per heavy atom. The highest BCUT2D eigenvalue weighted by Crippen LogP contribution is 2.26. The van der Waals surface area contributed by atoms with E-state index >= 15 is 0 Å². The molecule has 63 heavy (non-hydrogen) atoms. The van der Waals surface area contributed by atoms with Crippen LogP contribution in [0, 0.1) is 0 Å². The van der Waals surface area contributed by atoms with Gasteiger partial charge in [-0.25, -0.2) is 4.18 Å². The number of ether oxygens (including phenoxy) is 2. The molecule has 1 aliphatic rings. The first-order valence-corrected chi connectivity index (χ1v) is 27.1. The van der Waals surface area contributed by atoms with Gasteiger partial charge < -0.3 is 35.2 Å². The first kappa shape index (κ1) is 59.6. The Bertz CT molecular complexity index is 1220. The molecule has 0 spiro atoms. The molecule has 12 nitrogen and oxygen atoms in total. The minimum atomic E-state index is -5.09. The molecule has 1 amide bonds. The van der Waals surface area contributed by atoms with Crippen molar-refractivity contribution < 1.29 is 51.8 Å². The highest BCUT2D eigenvalue weighted by Gasteiger charge is 2.48. The summed E-state index contributed by atoms with van der Waals surface area (Å²) < 4.78 is 47.7. The van der Waals surface area contributed by atoms with Gasteiger partial charge in [0.2, 0.25) is 5.91 Å². The van der Waals surface area contributed by atoms with E-state index in [1.807, 2.05) is 6.08 Å². The van der Waals surface area contributed by atoms with Gasteiger partial charge >= 0.3 is 10.4 Å². The molecule has 1 fully saturated rings. The molecule has 1 aliphatic heterocycles. The van der Waals surface area contributed by atoms with Gasteiger partial charge in [-0.1, -0.05) is 205 Å². The summed E-state index contributed by atoms with van der Waals surface area (Å²) in [4.78, 5) is 13.1. The summed E-state index contributed by atoms with van der Waals surface area (Å²) in [7, 11) is -5.09. The number of unbranched alkanes of at least 4 members (excludes halogenated alkanes) is 30. The summed E-state index contributed by atoms with van der Waals surface area (Å²) in [6.07, 6.45) is 39.2. The molecule has 0 aromatic heterocycles. The summed E-state index contributed by atoms with van der Waals surface area (Å²) in [6, 6.07) is -0.944. The van der Waals surface area contributed by atoms with E-state index < -0.39 is 59.9 Å². The average molecular weight is 918 g/mol. The summed E-state index contributed by atoms with van der Waals surface area (Å²) in [5.74, 6) is -0.265. The maximum absolute atomic E-state index is 13.1. The third kappa shape index (κ3) is 33.7. The van der Waals surface area contributed by atoms with E-state index in [-0.39, 0.29) is 18.9 Å². The van der Waals surface area contributed by atoms with E-state index in [1.165, 1.54) is 161 Å². The highest BCUT2D eigenvalue weighted by atomic mass is 32.3. The van der Waals surface area contributed by atoms with E-state index in [9.17, 15) is 38.2 Å². The lowest BCUT2D eigenvalue weighted by atomic mass is 9.99. The van der Waals surface area contributed by atoms with Crippen molar-refractivity contribution in [3.8, 4) is 0 Å². The molecule has 0 aromatic carbocycles. The summed E-state index contributed by atoms with van der Waals surface area (Å²) >= 11 is 0. The molecular formula is C50H95NO11S. The van der Waals surface area contributed by atoms with Gasteiger partial charge in [0.05, 0.1) is 25.4 Å². The van der Waals surface area contributed by atoms with E-state index in [1.54, 1.807) is 6.08 Å². The lowest BCUT2D eigenvalue weighted by Crippen LogP contribution is -2.61. The normalized spacial score (nSPS) is 20.5. The quantitative estimate of drug-likeness (QED) is 0.0194. The second-order valence-corrected chi connectivity index (χ2v) is 19.2. The van der Waals surface area contributed by atoms with Gasteiger partial charge in [0.15, 0.2) is 6.29 Å². The van der Waals surface area contributed by atoms with Gasteiger partial charge in [-0.05, 0) is 44.9 Å². The summed E-state index contributed by atoms with van der Waals surface area (Å²) in [6.45, 7) is 3.40. The number of aliphatic hydroxyl groups excluding tert-OH is 4. The standard InChI is InChI=1S/C50H95NO11S/c1-3-5-7-9-11-13-15-17-19-21-22-23-24-26-28-30-32-34-36-38-40-46(54)51-43(42-60-50-48(56)49(62-63(57,58)59)47(55)45(41-52)61-50)44(53)39-37-35-33-31-29-27-25-20-18-16-14-12-10-8-6-4-2/h22-23,37,39,43-45,47-50,52-53,55-56H,3-21,24-36,38,40-42H2,1-2H3,(H,51,54)(H,57,58,59)/b23-22-,39-37+. The maximum Gasteiger partial charge on any atom is 0.397 e. The molecule has 13 heteroatoms. The smallest absolute Gasteiger partial charge is 0.394 e. The first-order valence-electron chi connectivity index (χ1n) is 25.7. The zero-order chi connectivity index (χ0) is 46.2. The Morgan fingerprint density at radius 1 is 0.619 bits per heavy atom. The molecule has 0 saturated carbocycles. The van der Waals surface area contributed by atoms with Crippen molar-refractivity contribution in [1.29, 1.82) is 0 Å². The predicted octanol–water partition coefficient (Wildman–Crippen LogP) is 10.9. The number of hydrogen-bond donors (Lipinski definition) is 6. The topological polar surface area (TPSA) is 192 Å². The highest BCUT2D eigenvalue weighted by molar-refractivity contribution is 7.80. The number of allylic oxidation sites excluding steroid dienone is 3. The predicted molar refractivity (Wildman–Crippen MR) is 255 cm³/mol. The number of aliphatic hydroxyl groups is 4. The van der Waals surface area contributed by atoms with Crippen molar-refractivity contribution in [3.63, 3.8) is 0 Å². The Hall–Kier alpha value is -1.42. The van der Waals surface area contributed by atoms with Gasteiger partial charge in [-0.2, -0.15) is 8.42 Å². The van der Waals surface area contributed by atoms with Crippen molar-refractivity contribution in [2.75, 3.05) is 13.2 Å². The molecule has 1 heterocycles. The van der Waals surface area contributed by atoms with Crippen LogP contribution in [0.3, 0.4) is 0 Å². The van der Waals surface area contributed by atoms with Crippen LogP contribution in [0.5, 0.6) is 0 Å². The van der Waals surface area contributed by atoms with Crippen molar-refractivity contribution in [2.45, 2.75) is 275 Å². The van der Waals surface area contributed by atoms with Gasteiger partial charge in [0.25, 0.3) is 0 Å². The number of rotatable bonds is 44. The second kappa shape index (κ2) is 40.8. The van der Waals surface area contributed by atoms with Crippen LogP contribution in [0.15, 0.2) is 24.3 Å². The van der Waals surface area contributed by atoms with Crippen molar-refractivity contribution in [3.05, 3.63) is 24.3 Å². The van der Waals surface area contributed by atoms with Crippen LogP contribution in [-0.4, -0.2) is 95.4 Å². The zero-order valence-corrected chi connectivity index (χ0v) is 40.7. The Morgan fingerprint density at radius 2 is 1.02 bits per heavy atom. The molecule has 6 N–H and O–H groups in total. The van der Waals surface area contributed by atoms with Crippen molar-refractivity contribution >= 4 is 16.3 Å². The second-order valence-electron chi connectivity index (χ2n) is 18.1. The van der Waals surface area contributed by atoms with Crippen LogP contribution in [0.4, 0.5) is 0 Å². The number of hydrogen-bond acceptors (Lipinski definition) is 10. The van der Waals surface area contributed by atoms with E-state index in [4.69, 9.17) is 9.47 Å². The third-order valence-corrected chi connectivity index (χ3v) is 12.7. The minimum absolute atomic E-state index is 0.265. The van der Waals surface area contributed by atoms with Gasteiger partial charge in [0, 0.05) is 6.42 Å². The molecule has 0 aromatic rings. The van der Waals surface area contributed by atoms with Crippen LogP contribution in [0.2, 0.25) is 0 Å². The molecule has 0 aliphatic carbocycles. The van der Waals surface area contributed by atoms with Crippen LogP contribution >= 0.6 is 0 Å². The van der Waals surface area contributed by atoms with Gasteiger partial charge in [-0.3, -0.25) is 9.35 Å². The van der Waals surface area contributed by atoms with Crippen LogP contribution < -0.4 is 5.32 Å². The first-order chi connectivity index (χ1) is 30.5. The summed E-state index contributed by atoms with van der Waals surface area (Å²) in [5.41, 5.74) is 0. The van der Waals surface area contributed by atoms with Crippen molar-refractivity contribution in [1.82, 2.24) is 5.32 Å². The van der Waals surface area contributed by atoms with E-state index in [2.05, 4.69) is 35.5 Å². The fourth-order valence-electron chi connectivity index (χ4n) is 8.21. The molecule has 1 rings (SSSR count). The average Bonchev–Trinajstić information content (AvgIpc) is 3.25. The number of nitrogens with one attached hydrogen (secondary N) is 1. The SMILES string of the molecule is CCCCCCCCCCC/C=C\CCCCCCCCCC(=O)NC(COC1OC(CO)C(O)C(OS(=O)(=O)O)C1O)C(O)/C=C/CCCCCCCCCCCCCCCC. The van der Waals surface area contributed by atoms with Crippen molar-refractivity contribution in [2.24, 2.45) is 0 Å². The third-order valence-electron chi connectivity index (χ3n) is 12.2. The molecule has 372 valence electrons. The lowest BCUT2D eigenvalue weighted by molar-refractivity contribution is -0.298. The zero-order valence-electron chi connectivity index (χ0n) is 39.9. The number of carbonyl (C=O) groups excluding carboxylic acids is 1. The fourth-order valence-corrected chi connectivity index (χ4v) is 8.72. The molecule has 1 saturated heterocycles. The molecule has 7 atom stereocenters. The van der Waals surface area contributed by atoms with E-state index in [0.29, 0.717) is 6.42 Å². The number of carbonyl (C=O) groups is 1. The molecule has 7 unspecified atom stereocenters. The summed E-state index contributed by atoms with van der Waals surface area (Å²) in [5, 5.41) is 44.8. The van der Waals surface area contributed by atoms with Gasteiger partial charge in [-0.15, -0.1) is 0 Å². The fraction of sp³-hybridized carbons (Fsp3) is 0.900. The van der Waals surface area contributed by atoms with Crippen LogP contribution in [-0.2, 0) is 28.9 Å². The Labute approximate surface area is 384 Å². The van der Waals surface area contributed by atoms with Gasteiger partial charge in [0.1, 0.15) is 24.4 Å². The molecular weight excluding hydrogens is 823 g/mol. The maximum atomic E-state index is 13.1. The van der Waals surface area contributed by atoms with Crippen LogP contribution in [0.1, 0.15) is 232 Å². The number of amides is 1. The molecule has 0 radical (unpaired) electrons. The minimum Gasteiger partial charge on any atom is -0.394 e. The monoisotopic (exact) mass is 918 g/mol.